The number of aromatic nitrogens is 2. The second kappa shape index (κ2) is 6.53. The molecule has 0 fully saturated rings. The van der Waals surface area contributed by atoms with E-state index in [4.69, 9.17) is 4.52 Å². The van der Waals surface area contributed by atoms with Crippen molar-refractivity contribution in [1.82, 2.24) is 10.1 Å². The molecule has 0 saturated carbocycles. The van der Waals surface area contributed by atoms with Gasteiger partial charge in [0.25, 0.3) is 0 Å². The van der Waals surface area contributed by atoms with Gasteiger partial charge < -0.3 is 9.84 Å². The second-order valence-corrected chi connectivity index (χ2v) is 7.51. The van der Waals surface area contributed by atoms with Crippen molar-refractivity contribution in [3.05, 3.63) is 52.7 Å². The number of aryl methyl sites for hydroxylation is 3. The normalized spacial score (nSPS) is 11.3. The lowest BCUT2D eigenvalue weighted by Gasteiger charge is -2.01. The molecule has 4 aromatic rings. The van der Waals surface area contributed by atoms with Crippen LogP contribution in [0.1, 0.15) is 29.3 Å². The van der Waals surface area contributed by atoms with Gasteiger partial charge in [-0.2, -0.15) is 0 Å². The molecular weight excluding hydrogens is 346 g/mol. The zero-order chi connectivity index (χ0) is 18.3. The third kappa shape index (κ3) is 3.08. The largest absolute Gasteiger partial charge is 0.356 e. The second-order valence-electron chi connectivity index (χ2n) is 6.48. The van der Waals surface area contributed by atoms with Gasteiger partial charge in [-0.05, 0) is 55.2 Å². The van der Waals surface area contributed by atoms with Crippen LogP contribution in [0.2, 0.25) is 0 Å². The molecule has 0 aliphatic heterocycles. The smallest absolute Gasteiger partial charge is 0.232 e. The minimum Gasteiger partial charge on any atom is -0.356 e. The van der Waals surface area contributed by atoms with Crippen LogP contribution in [0.3, 0.4) is 0 Å². The van der Waals surface area contributed by atoms with Crippen LogP contribution in [0.4, 0.5) is 5.13 Å². The molecule has 0 radical (unpaired) electrons. The van der Waals surface area contributed by atoms with Gasteiger partial charge in [0, 0.05) is 5.39 Å². The van der Waals surface area contributed by atoms with Crippen molar-refractivity contribution in [2.75, 3.05) is 5.32 Å². The highest BCUT2D eigenvalue weighted by atomic mass is 32.1. The molecular formula is C20H19N3O2S. The van der Waals surface area contributed by atoms with Crippen molar-refractivity contribution in [3.8, 4) is 0 Å². The topological polar surface area (TPSA) is 68.0 Å². The van der Waals surface area contributed by atoms with E-state index < -0.39 is 0 Å². The Labute approximate surface area is 155 Å². The summed E-state index contributed by atoms with van der Waals surface area (Å²) in [5.41, 5.74) is 5.72. The van der Waals surface area contributed by atoms with Gasteiger partial charge in [-0.1, -0.05) is 35.5 Å². The highest BCUT2D eigenvalue weighted by Crippen LogP contribution is 2.28. The van der Waals surface area contributed by atoms with Crippen molar-refractivity contribution < 1.29 is 9.32 Å². The van der Waals surface area contributed by atoms with Gasteiger partial charge in [-0.25, -0.2) is 4.98 Å². The Balaban J connectivity index is 1.56. The number of hydrogen-bond acceptors (Lipinski definition) is 5. The first kappa shape index (κ1) is 16.7. The Hall–Kier alpha value is -2.73. The van der Waals surface area contributed by atoms with E-state index in [-0.39, 0.29) is 12.3 Å². The van der Waals surface area contributed by atoms with Gasteiger partial charge in [0.15, 0.2) is 10.7 Å². The lowest BCUT2D eigenvalue weighted by Crippen LogP contribution is -2.14. The Kier molecular flexibility index (Phi) is 4.20. The van der Waals surface area contributed by atoms with Crippen LogP contribution in [0.5, 0.6) is 0 Å². The number of amides is 1. The maximum atomic E-state index is 12.5. The molecule has 0 spiro atoms. The van der Waals surface area contributed by atoms with Gasteiger partial charge in [-0.3, -0.25) is 4.79 Å². The number of hydrogen-bond donors (Lipinski definition) is 1. The van der Waals surface area contributed by atoms with Crippen LogP contribution >= 0.6 is 11.3 Å². The summed E-state index contributed by atoms with van der Waals surface area (Å²) in [6.07, 6.45) is 1.14. The standard InChI is InChI=1S/C20H19N3O2S/c1-4-13-5-6-14-17(9-13)26-20(21-14)22-18(24)10-15-19-12(3)7-11(2)8-16(19)25-23-15/h5-9H,4,10H2,1-3H3,(H,21,22,24). The number of rotatable bonds is 4. The molecule has 2 aromatic heterocycles. The molecule has 1 amide bonds. The molecule has 6 heteroatoms. The number of nitrogens with one attached hydrogen (secondary N) is 1. The number of carbonyl (C=O) groups is 1. The van der Waals surface area contributed by atoms with Gasteiger partial charge in [-0.15, -0.1) is 0 Å². The predicted octanol–water partition coefficient (Wildman–Crippen LogP) is 4.80. The number of fused-ring (bicyclic) bond motifs is 2. The quantitative estimate of drug-likeness (QED) is 0.564. The highest BCUT2D eigenvalue weighted by Gasteiger charge is 2.16. The molecule has 0 bridgehead atoms. The first-order valence-electron chi connectivity index (χ1n) is 8.58. The zero-order valence-corrected chi connectivity index (χ0v) is 15.7. The van der Waals surface area contributed by atoms with E-state index in [1.165, 1.54) is 16.9 Å². The predicted molar refractivity (Wildman–Crippen MR) is 105 cm³/mol. The van der Waals surface area contributed by atoms with E-state index >= 15 is 0 Å². The molecule has 1 N–H and O–H groups in total. The third-order valence-corrected chi connectivity index (χ3v) is 5.36. The monoisotopic (exact) mass is 365 g/mol. The fourth-order valence-electron chi connectivity index (χ4n) is 3.20. The molecule has 0 aliphatic rings. The van der Waals surface area contributed by atoms with E-state index in [2.05, 4.69) is 40.6 Å². The Bertz CT molecular complexity index is 1130. The summed E-state index contributed by atoms with van der Waals surface area (Å²) in [7, 11) is 0. The van der Waals surface area contributed by atoms with Crippen LogP contribution in [0.25, 0.3) is 21.2 Å². The van der Waals surface area contributed by atoms with E-state index in [0.29, 0.717) is 10.8 Å². The van der Waals surface area contributed by atoms with Gasteiger partial charge in [0.05, 0.1) is 16.6 Å². The molecule has 26 heavy (non-hydrogen) atoms. The maximum Gasteiger partial charge on any atom is 0.232 e. The Morgan fingerprint density at radius 1 is 1.23 bits per heavy atom. The summed E-state index contributed by atoms with van der Waals surface area (Å²) in [5.74, 6) is -0.144. The van der Waals surface area contributed by atoms with E-state index in [1.807, 2.05) is 26.0 Å². The molecule has 2 heterocycles. The third-order valence-electron chi connectivity index (χ3n) is 4.42. The molecule has 0 aliphatic carbocycles. The Morgan fingerprint density at radius 2 is 2.08 bits per heavy atom. The van der Waals surface area contributed by atoms with Crippen LogP contribution in [-0.2, 0) is 17.6 Å². The molecule has 5 nitrogen and oxygen atoms in total. The van der Waals surface area contributed by atoms with Gasteiger partial charge in [0.2, 0.25) is 5.91 Å². The first-order valence-corrected chi connectivity index (χ1v) is 9.40. The molecule has 0 saturated heterocycles. The van der Waals surface area contributed by atoms with Crippen LogP contribution < -0.4 is 5.32 Å². The van der Waals surface area contributed by atoms with Crippen molar-refractivity contribution >= 4 is 43.6 Å². The zero-order valence-electron chi connectivity index (χ0n) is 14.9. The van der Waals surface area contributed by atoms with Crippen molar-refractivity contribution in [3.63, 3.8) is 0 Å². The molecule has 132 valence electrons. The average molecular weight is 365 g/mol. The summed E-state index contributed by atoms with van der Waals surface area (Å²) >= 11 is 1.49. The fourth-order valence-corrected chi connectivity index (χ4v) is 4.14. The van der Waals surface area contributed by atoms with Gasteiger partial charge >= 0.3 is 0 Å². The van der Waals surface area contributed by atoms with Gasteiger partial charge in [0.1, 0.15) is 5.69 Å². The number of carbonyl (C=O) groups excluding carboxylic acids is 1. The van der Waals surface area contributed by atoms with Crippen LogP contribution in [0, 0.1) is 13.8 Å². The number of nitrogens with zero attached hydrogens (tertiary/aromatic N) is 2. The van der Waals surface area contributed by atoms with Crippen molar-refractivity contribution in [2.45, 2.75) is 33.6 Å². The van der Waals surface area contributed by atoms with Crippen LogP contribution in [0.15, 0.2) is 34.9 Å². The molecule has 0 atom stereocenters. The molecule has 2 aromatic carbocycles. The fraction of sp³-hybridized carbons (Fsp3) is 0.250. The summed E-state index contributed by atoms with van der Waals surface area (Å²) in [6.45, 7) is 6.14. The molecule has 0 unspecified atom stereocenters. The SMILES string of the molecule is CCc1ccc2nc(NC(=O)Cc3noc4cc(C)cc(C)c34)sc2c1. The minimum absolute atomic E-state index is 0.144. The van der Waals surface area contributed by atoms with E-state index in [1.54, 1.807) is 0 Å². The van der Waals surface area contributed by atoms with Crippen molar-refractivity contribution in [2.24, 2.45) is 0 Å². The summed E-state index contributed by atoms with van der Waals surface area (Å²) < 4.78 is 6.47. The highest BCUT2D eigenvalue weighted by molar-refractivity contribution is 7.22. The summed E-state index contributed by atoms with van der Waals surface area (Å²) in [6, 6.07) is 10.2. The first-order chi connectivity index (χ1) is 12.5. The number of thiazole rings is 1. The Morgan fingerprint density at radius 3 is 2.88 bits per heavy atom. The molecule has 4 rings (SSSR count). The van der Waals surface area contributed by atoms with E-state index in [9.17, 15) is 4.79 Å². The lowest BCUT2D eigenvalue weighted by molar-refractivity contribution is -0.115. The van der Waals surface area contributed by atoms with Crippen LogP contribution in [-0.4, -0.2) is 16.0 Å². The lowest BCUT2D eigenvalue weighted by atomic mass is 10.0. The average Bonchev–Trinajstić information content (AvgIpc) is 3.17. The summed E-state index contributed by atoms with van der Waals surface area (Å²) in [4.78, 5) is 17.0. The number of benzene rings is 2. The minimum atomic E-state index is -0.144. The summed E-state index contributed by atoms with van der Waals surface area (Å²) in [5, 5.41) is 8.51. The van der Waals surface area contributed by atoms with Crippen molar-refractivity contribution in [1.29, 1.82) is 0 Å². The maximum absolute atomic E-state index is 12.5. The number of anilines is 1. The van der Waals surface area contributed by atoms with E-state index in [0.717, 1.165) is 38.7 Å².